The Balaban J connectivity index is 1.89. The molecule has 0 unspecified atom stereocenters. The van der Waals surface area contributed by atoms with Crippen molar-refractivity contribution in [1.82, 2.24) is 15.3 Å². The van der Waals surface area contributed by atoms with Crippen LogP contribution in [0.5, 0.6) is 0 Å². The monoisotopic (exact) mass is 415 g/mol. The van der Waals surface area contributed by atoms with Gasteiger partial charge in [0.2, 0.25) is 5.91 Å². The Morgan fingerprint density at radius 2 is 1.80 bits per heavy atom. The quantitative estimate of drug-likeness (QED) is 0.761. The van der Waals surface area contributed by atoms with Crippen LogP contribution in [0.3, 0.4) is 0 Å². The molecule has 3 rings (SSSR count). The van der Waals surface area contributed by atoms with E-state index in [1.54, 1.807) is 58.0 Å². The first-order valence-electron chi connectivity index (χ1n) is 10.3. The number of nitrogens with one attached hydrogen (secondary N) is 1. The maximum atomic E-state index is 13.5. The fraction of sp³-hybridized carbons (Fsp3) is 0.545. The van der Waals surface area contributed by atoms with Gasteiger partial charge in [-0.15, -0.1) is 0 Å². The van der Waals surface area contributed by atoms with Crippen LogP contribution in [-0.2, 0) is 19.1 Å². The van der Waals surface area contributed by atoms with Gasteiger partial charge in [-0.2, -0.15) is 0 Å². The SMILES string of the molecule is C[C@H]1CC(=O)N2CCC[C@@H](C(=O)OC(C)(C)C)N2C(=O)[C@H]1NC(=O)c1ccccc1. The van der Waals surface area contributed by atoms with Gasteiger partial charge in [-0.1, -0.05) is 25.1 Å². The number of carbonyl (C=O) groups is 4. The van der Waals surface area contributed by atoms with Crippen LogP contribution in [0.1, 0.15) is 57.3 Å². The lowest BCUT2D eigenvalue weighted by Crippen LogP contribution is -2.63. The Bertz CT molecular complexity index is 833. The van der Waals surface area contributed by atoms with Gasteiger partial charge in [-0.25, -0.2) is 9.80 Å². The van der Waals surface area contributed by atoms with Gasteiger partial charge in [0.05, 0.1) is 0 Å². The average Bonchev–Trinajstić information content (AvgIpc) is 2.77. The lowest BCUT2D eigenvalue weighted by Gasteiger charge is -2.43. The summed E-state index contributed by atoms with van der Waals surface area (Å²) in [7, 11) is 0. The third kappa shape index (κ3) is 4.63. The smallest absolute Gasteiger partial charge is 0.331 e. The highest BCUT2D eigenvalue weighted by Gasteiger charge is 2.47. The van der Waals surface area contributed by atoms with E-state index in [4.69, 9.17) is 4.74 Å². The summed E-state index contributed by atoms with van der Waals surface area (Å²) < 4.78 is 5.50. The number of rotatable bonds is 3. The molecule has 8 nitrogen and oxygen atoms in total. The summed E-state index contributed by atoms with van der Waals surface area (Å²) in [4.78, 5) is 51.8. The summed E-state index contributed by atoms with van der Waals surface area (Å²) in [5.41, 5.74) is -0.292. The first kappa shape index (κ1) is 21.8. The van der Waals surface area contributed by atoms with Crippen molar-refractivity contribution in [2.75, 3.05) is 6.54 Å². The molecule has 2 aliphatic rings. The summed E-state index contributed by atoms with van der Waals surface area (Å²) in [6.45, 7) is 7.38. The van der Waals surface area contributed by atoms with Crippen LogP contribution in [0.2, 0.25) is 0 Å². The van der Waals surface area contributed by atoms with Crippen molar-refractivity contribution in [2.45, 2.75) is 64.6 Å². The Morgan fingerprint density at radius 3 is 2.43 bits per heavy atom. The minimum atomic E-state index is -0.922. The van der Waals surface area contributed by atoms with Gasteiger partial charge in [0.15, 0.2) is 6.04 Å². The highest BCUT2D eigenvalue weighted by molar-refractivity contribution is 5.99. The molecule has 2 aliphatic heterocycles. The van der Waals surface area contributed by atoms with E-state index in [1.807, 2.05) is 0 Å². The Labute approximate surface area is 176 Å². The molecule has 1 aromatic rings. The number of nitrogens with zero attached hydrogens (tertiary/aromatic N) is 2. The predicted molar refractivity (Wildman–Crippen MR) is 109 cm³/mol. The van der Waals surface area contributed by atoms with Gasteiger partial charge in [-0.3, -0.25) is 19.4 Å². The van der Waals surface area contributed by atoms with Crippen molar-refractivity contribution in [1.29, 1.82) is 0 Å². The highest BCUT2D eigenvalue weighted by atomic mass is 16.6. The topological polar surface area (TPSA) is 96.0 Å². The number of hydrogen-bond donors (Lipinski definition) is 1. The van der Waals surface area contributed by atoms with E-state index in [9.17, 15) is 19.2 Å². The van der Waals surface area contributed by atoms with Gasteiger partial charge in [0.25, 0.3) is 11.8 Å². The van der Waals surface area contributed by atoms with Crippen molar-refractivity contribution in [3.8, 4) is 0 Å². The van der Waals surface area contributed by atoms with Crippen LogP contribution >= 0.6 is 0 Å². The van der Waals surface area contributed by atoms with E-state index in [0.717, 1.165) is 0 Å². The molecule has 2 fully saturated rings. The molecule has 0 radical (unpaired) electrons. The zero-order valence-corrected chi connectivity index (χ0v) is 17.9. The molecule has 0 aliphatic carbocycles. The molecule has 2 saturated heterocycles. The standard InChI is InChI=1S/C22H29N3O5/c1-14-13-17(26)24-12-8-11-16(21(29)30-22(2,3)4)25(24)20(28)18(14)23-19(27)15-9-6-5-7-10-15/h5-7,9-10,14,16,18H,8,11-13H2,1-4H3,(H,23,27)/t14-,16-,18-/m0/s1. The van der Waals surface area contributed by atoms with E-state index in [1.165, 1.54) is 10.0 Å². The number of ether oxygens (including phenoxy) is 1. The number of hydrogen-bond acceptors (Lipinski definition) is 5. The fourth-order valence-electron chi connectivity index (χ4n) is 3.84. The van der Waals surface area contributed by atoms with Crippen LogP contribution in [-0.4, -0.2) is 57.9 Å². The summed E-state index contributed by atoms with van der Waals surface area (Å²) in [5, 5.41) is 5.35. The molecule has 162 valence electrons. The normalized spacial score (nSPS) is 24.7. The maximum absolute atomic E-state index is 13.5. The first-order valence-corrected chi connectivity index (χ1v) is 10.3. The second-order valence-electron chi connectivity index (χ2n) is 8.89. The van der Waals surface area contributed by atoms with Gasteiger partial charge < -0.3 is 10.1 Å². The highest BCUT2D eigenvalue weighted by Crippen LogP contribution is 2.29. The van der Waals surface area contributed by atoms with Gasteiger partial charge >= 0.3 is 5.97 Å². The van der Waals surface area contributed by atoms with E-state index in [2.05, 4.69) is 5.32 Å². The molecule has 0 bridgehead atoms. The summed E-state index contributed by atoms with van der Waals surface area (Å²) >= 11 is 0. The van der Waals surface area contributed by atoms with Gasteiger partial charge in [0, 0.05) is 18.5 Å². The Hall–Kier alpha value is -2.90. The molecule has 0 spiro atoms. The molecular formula is C22H29N3O5. The Kier molecular flexibility index (Phi) is 6.14. The second kappa shape index (κ2) is 8.45. The predicted octanol–water partition coefficient (Wildman–Crippen LogP) is 1.90. The van der Waals surface area contributed by atoms with Crippen molar-refractivity contribution in [3.05, 3.63) is 35.9 Å². The molecular weight excluding hydrogens is 386 g/mol. The Morgan fingerprint density at radius 1 is 1.13 bits per heavy atom. The zero-order chi connectivity index (χ0) is 22.1. The maximum Gasteiger partial charge on any atom is 0.331 e. The van der Waals surface area contributed by atoms with E-state index >= 15 is 0 Å². The molecule has 3 atom stereocenters. The number of carbonyl (C=O) groups excluding carboxylic acids is 4. The van der Waals surface area contributed by atoms with Crippen molar-refractivity contribution in [2.24, 2.45) is 5.92 Å². The molecule has 1 aromatic carbocycles. The molecule has 0 saturated carbocycles. The minimum Gasteiger partial charge on any atom is -0.458 e. The first-order chi connectivity index (χ1) is 14.1. The number of fused-ring (bicyclic) bond motifs is 1. The largest absolute Gasteiger partial charge is 0.458 e. The molecule has 3 amide bonds. The summed E-state index contributed by atoms with van der Waals surface area (Å²) in [6, 6.07) is 6.77. The molecule has 8 heteroatoms. The third-order valence-corrected chi connectivity index (χ3v) is 5.25. The molecule has 30 heavy (non-hydrogen) atoms. The molecule has 0 aromatic heterocycles. The molecule has 2 heterocycles. The number of amides is 3. The van der Waals surface area contributed by atoms with E-state index < -0.39 is 41.4 Å². The summed E-state index contributed by atoms with van der Waals surface area (Å²) in [6.07, 6.45) is 1.09. The van der Waals surface area contributed by atoms with E-state index in [0.29, 0.717) is 24.9 Å². The average molecular weight is 415 g/mol. The van der Waals surface area contributed by atoms with E-state index in [-0.39, 0.29) is 12.3 Å². The van der Waals surface area contributed by atoms with Gasteiger partial charge in [0.1, 0.15) is 11.6 Å². The third-order valence-electron chi connectivity index (χ3n) is 5.25. The number of benzene rings is 1. The van der Waals surface area contributed by atoms with Crippen LogP contribution in [0.15, 0.2) is 30.3 Å². The molecule has 1 N–H and O–H groups in total. The van der Waals surface area contributed by atoms with Crippen molar-refractivity contribution in [3.63, 3.8) is 0 Å². The second-order valence-corrected chi connectivity index (χ2v) is 8.89. The zero-order valence-electron chi connectivity index (χ0n) is 17.9. The fourth-order valence-corrected chi connectivity index (χ4v) is 3.84. The van der Waals surface area contributed by atoms with Crippen molar-refractivity contribution >= 4 is 23.7 Å². The minimum absolute atomic E-state index is 0.100. The van der Waals surface area contributed by atoms with Crippen LogP contribution in [0, 0.1) is 5.92 Å². The summed E-state index contributed by atoms with van der Waals surface area (Å²) in [5.74, 6) is -2.06. The van der Waals surface area contributed by atoms with Crippen LogP contribution in [0.25, 0.3) is 0 Å². The lowest BCUT2D eigenvalue weighted by molar-refractivity contribution is -0.187. The number of hydrazine groups is 1. The lowest BCUT2D eigenvalue weighted by atomic mass is 9.97. The van der Waals surface area contributed by atoms with Crippen molar-refractivity contribution < 1.29 is 23.9 Å². The van der Waals surface area contributed by atoms with Crippen LogP contribution in [0.4, 0.5) is 0 Å². The number of esters is 1. The van der Waals surface area contributed by atoms with Gasteiger partial charge in [-0.05, 0) is 51.7 Å². The van der Waals surface area contributed by atoms with Crippen LogP contribution < -0.4 is 5.32 Å².